The Bertz CT molecular complexity index is 97.0. The van der Waals surface area contributed by atoms with Gasteiger partial charge in [-0.3, -0.25) is 4.79 Å². The first-order chi connectivity index (χ1) is 4.18. The number of carboxylic acid groups (broad SMARTS) is 1. The maximum atomic E-state index is 10.1. The zero-order valence-electron chi connectivity index (χ0n) is 5.04. The highest BCUT2D eigenvalue weighted by Gasteiger charge is 2.10. The third-order valence-electron chi connectivity index (χ3n) is 0.890. The Morgan fingerprint density at radius 2 is 2.44 bits per heavy atom. The molecule has 0 saturated carbocycles. The molecule has 0 unspecified atom stereocenters. The lowest BCUT2D eigenvalue weighted by atomic mass is 10.2. The maximum Gasteiger partial charge on any atom is 0.320 e. The Balaban J connectivity index is 3.27. The average Bonchev–Trinajstić information content (AvgIpc) is 1.82. The highest BCUT2D eigenvalue weighted by molar-refractivity contribution is 8.00. The summed E-state index contributed by atoms with van der Waals surface area (Å²) >= 11 is 1.35. The van der Waals surface area contributed by atoms with E-state index in [0.717, 1.165) is 0 Å². The van der Waals surface area contributed by atoms with Crippen LogP contribution in [0.2, 0.25) is 0 Å². The number of hydrogen-bond donors (Lipinski definition) is 2. The molecule has 0 aliphatic carbocycles. The molecular formula is C5H10NO2S+. The van der Waals surface area contributed by atoms with E-state index in [0.29, 0.717) is 12.2 Å². The number of carboxylic acids is 1. The van der Waals surface area contributed by atoms with Gasteiger partial charge in [0, 0.05) is 5.75 Å². The minimum Gasteiger partial charge on any atom is -0.480 e. The molecular weight excluding hydrogens is 138 g/mol. The summed E-state index contributed by atoms with van der Waals surface area (Å²) in [6.45, 7) is 0. The topological polar surface area (TPSA) is 63.3 Å². The van der Waals surface area contributed by atoms with Crippen molar-refractivity contribution in [3.8, 4) is 0 Å². The van der Waals surface area contributed by atoms with Gasteiger partial charge in [-0.25, -0.2) is 0 Å². The Hall–Kier alpha value is -0.350. The van der Waals surface area contributed by atoms with Gasteiger partial charge in [-0.05, 0) is 6.42 Å². The minimum atomic E-state index is -0.941. The number of hydrogen-bond acceptors (Lipinski definition) is 3. The molecule has 1 atom stereocenters. The molecule has 3 nitrogen and oxygen atoms in total. The molecule has 0 amide bonds. The van der Waals surface area contributed by atoms with Gasteiger partial charge in [0.15, 0.2) is 0 Å². The second-order valence-corrected chi connectivity index (χ2v) is 2.46. The molecule has 0 aromatic heterocycles. The van der Waals surface area contributed by atoms with Crippen molar-refractivity contribution < 1.29 is 9.90 Å². The van der Waals surface area contributed by atoms with Gasteiger partial charge in [-0.1, -0.05) is 0 Å². The summed E-state index contributed by atoms with van der Waals surface area (Å²) in [5.74, 6) is -0.239. The van der Waals surface area contributed by atoms with Gasteiger partial charge in [-0.15, -0.1) is 0 Å². The Labute approximate surface area is 58.6 Å². The van der Waals surface area contributed by atoms with E-state index in [1.807, 2.05) is 0 Å². The second kappa shape index (κ2) is 4.52. The van der Waals surface area contributed by atoms with E-state index in [-0.39, 0.29) is 0 Å². The molecule has 0 aromatic rings. The van der Waals surface area contributed by atoms with E-state index in [1.54, 1.807) is 0 Å². The molecule has 52 valence electrons. The van der Waals surface area contributed by atoms with Crippen LogP contribution in [0.25, 0.3) is 0 Å². The van der Waals surface area contributed by atoms with Gasteiger partial charge in [0.05, 0.1) is 11.8 Å². The predicted octanol–water partition coefficient (Wildman–Crippen LogP) is 0.313. The van der Waals surface area contributed by atoms with E-state index in [4.69, 9.17) is 10.8 Å². The van der Waals surface area contributed by atoms with Gasteiger partial charge in [-0.2, -0.15) is 0 Å². The first-order valence-corrected chi connectivity index (χ1v) is 3.69. The lowest BCUT2D eigenvalue weighted by molar-refractivity contribution is -0.138. The summed E-state index contributed by atoms with van der Waals surface area (Å²) in [5, 5.41) is 8.25. The van der Waals surface area contributed by atoms with E-state index < -0.39 is 12.0 Å². The fourth-order valence-electron chi connectivity index (χ4n) is 0.334. The van der Waals surface area contributed by atoms with Crippen LogP contribution in [0, 0.1) is 6.26 Å². The van der Waals surface area contributed by atoms with Crippen LogP contribution in [-0.2, 0) is 4.79 Å². The second-order valence-electron chi connectivity index (χ2n) is 1.64. The number of carbonyl (C=O) groups is 1. The van der Waals surface area contributed by atoms with Crippen LogP contribution in [0.5, 0.6) is 0 Å². The molecule has 4 heteroatoms. The molecule has 0 aliphatic rings. The molecule has 0 aromatic carbocycles. The van der Waals surface area contributed by atoms with Crippen LogP contribution < -0.4 is 5.73 Å². The molecule has 0 fully saturated rings. The van der Waals surface area contributed by atoms with Crippen LogP contribution >= 0.6 is 11.8 Å². The largest absolute Gasteiger partial charge is 0.480 e. The number of aliphatic carboxylic acids is 1. The summed E-state index contributed by atoms with van der Waals surface area (Å²) in [4.78, 5) is 10.1. The fourth-order valence-corrected chi connectivity index (χ4v) is 0.754. The van der Waals surface area contributed by atoms with Crippen molar-refractivity contribution in [2.75, 3.05) is 5.75 Å². The van der Waals surface area contributed by atoms with Crippen molar-refractivity contribution in [1.29, 1.82) is 0 Å². The average molecular weight is 148 g/mol. The molecule has 9 heavy (non-hydrogen) atoms. The quantitative estimate of drug-likeness (QED) is 0.563. The summed E-state index contributed by atoms with van der Waals surface area (Å²) in [7, 11) is 0. The highest BCUT2D eigenvalue weighted by atomic mass is 32.2. The Kier molecular flexibility index (Phi) is 4.35. The van der Waals surface area contributed by atoms with Crippen molar-refractivity contribution in [1.82, 2.24) is 0 Å². The van der Waals surface area contributed by atoms with Crippen molar-refractivity contribution in [2.45, 2.75) is 12.5 Å². The smallest absolute Gasteiger partial charge is 0.320 e. The summed E-state index contributed by atoms with van der Waals surface area (Å²) in [5.41, 5.74) is 5.16. The predicted molar refractivity (Wildman–Crippen MR) is 38.0 cm³/mol. The van der Waals surface area contributed by atoms with Gasteiger partial charge in [0.1, 0.15) is 12.3 Å². The van der Waals surface area contributed by atoms with Crippen molar-refractivity contribution in [3.05, 3.63) is 6.26 Å². The van der Waals surface area contributed by atoms with E-state index >= 15 is 0 Å². The molecule has 0 radical (unpaired) electrons. The van der Waals surface area contributed by atoms with E-state index in [1.165, 1.54) is 11.8 Å². The fraction of sp³-hybridized carbons (Fsp3) is 0.600. The lowest BCUT2D eigenvalue weighted by Crippen LogP contribution is -2.30. The van der Waals surface area contributed by atoms with Crippen LogP contribution in [0.1, 0.15) is 6.42 Å². The third kappa shape index (κ3) is 4.17. The number of nitrogens with two attached hydrogens (primary N) is 1. The number of thioether (sulfide) groups is 1. The first-order valence-electron chi connectivity index (χ1n) is 2.54. The molecule has 0 bridgehead atoms. The Morgan fingerprint density at radius 3 is 2.78 bits per heavy atom. The SMILES string of the molecule is [CH2+]SCC[C@@H](N)C(=O)O. The molecule has 0 spiro atoms. The van der Waals surface area contributed by atoms with Crippen molar-refractivity contribution in [2.24, 2.45) is 5.73 Å². The zero-order chi connectivity index (χ0) is 7.28. The van der Waals surface area contributed by atoms with Crippen molar-refractivity contribution in [3.63, 3.8) is 0 Å². The maximum absolute atomic E-state index is 10.1. The zero-order valence-corrected chi connectivity index (χ0v) is 5.86. The Morgan fingerprint density at radius 1 is 1.89 bits per heavy atom. The van der Waals surface area contributed by atoms with Gasteiger partial charge >= 0.3 is 5.97 Å². The van der Waals surface area contributed by atoms with E-state index in [9.17, 15) is 4.79 Å². The first kappa shape index (κ1) is 8.65. The van der Waals surface area contributed by atoms with Crippen LogP contribution in [0.3, 0.4) is 0 Å². The summed E-state index contributed by atoms with van der Waals surface area (Å²) < 4.78 is 0. The van der Waals surface area contributed by atoms with Crippen LogP contribution in [0.4, 0.5) is 0 Å². The molecule has 0 saturated heterocycles. The van der Waals surface area contributed by atoms with Crippen LogP contribution in [-0.4, -0.2) is 22.9 Å². The third-order valence-corrected chi connectivity index (χ3v) is 1.41. The molecule has 3 N–H and O–H groups in total. The highest BCUT2D eigenvalue weighted by Crippen LogP contribution is 1.99. The minimum absolute atomic E-state index is 0.490. The normalized spacial score (nSPS) is 13.0. The van der Waals surface area contributed by atoms with Gasteiger partial charge in [0.25, 0.3) is 0 Å². The van der Waals surface area contributed by atoms with Gasteiger partial charge in [0.2, 0.25) is 0 Å². The van der Waals surface area contributed by atoms with Crippen LogP contribution in [0.15, 0.2) is 0 Å². The monoisotopic (exact) mass is 148 g/mol. The summed E-state index contributed by atoms with van der Waals surface area (Å²) in [6, 6.07) is -0.723. The van der Waals surface area contributed by atoms with Crippen molar-refractivity contribution >= 4 is 17.7 Å². The lowest BCUT2D eigenvalue weighted by Gasteiger charge is -2.00. The molecule has 0 rings (SSSR count). The number of rotatable bonds is 4. The van der Waals surface area contributed by atoms with E-state index in [2.05, 4.69) is 6.26 Å². The summed E-state index contributed by atoms with van der Waals surface area (Å²) in [6.07, 6.45) is 3.97. The molecule has 0 heterocycles. The van der Waals surface area contributed by atoms with Gasteiger partial charge < -0.3 is 10.8 Å². The molecule has 0 aliphatic heterocycles. The standard InChI is InChI=1S/C5H9NO2S/c1-9-3-2-4(6)5(7)8/h4H,1-3,6H2/p+1/t4-/m1/s1.